The van der Waals surface area contributed by atoms with Gasteiger partial charge in [0.05, 0.1) is 35.8 Å². The smallest absolute Gasteiger partial charge is 0.341 e. The van der Waals surface area contributed by atoms with Gasteiger partial charge in [0.15, 0.2) is 17.2 Å². The Morgan fingerprint density at radius 3 is 2.73 bits per heavy atom. The molecule has 33 heavy (non-hydrogen) atoms. The van der Waals surface area contributed by atoms with Crippen LogP contribution in [0.3, 0.4) is 0 Å². The Morgan fingerprint density at radius 2 is 2.09 bits per heavy atom. The van der Waals surface area contributed by atoms with E-state index in [1.807, 2.05) is 0 Å². The number of methoxy groups -OCH3 is 1. The molecule has 2 atom stereocenters. The van der Waals surface area contributed by atoms with Gasteiger partial charge in [0.1, 0.15) is 17.6 Å². The molecule has 0 unspecified atom stereocenters. The number of hydrogen-bond acceptors (Lipinski definition) is 7. The zero-order valence-corrected chi connectivity index (χ0v) is 17.0. The Labute approximate surface area is 184 Å². The number of halogens is 2. The average molecular weight is 458 g/mol. The van der Waals surface area contributed by atoms with Crippen LogP contribution < -0.4 is 19.6 Å². The van der Waals surface area contributed by atoms with Crippen LogP contribution in [0.4, 0.5) is 8.78 Å². The number of hydrogen-bond donors (Lipinski definition) is 2. The zero-order valence-electron chi connectivity index (χ0n) is 17.0. The summed E-state index contributed by atoms with van der Waals surface area (Å²) in [6, 6.07) is 3.17. The van der Waals surface area contributed by atoms with E-state index in [4.69, 9.17) is 19.4 Å². The molecule has 2 N–H and O–H groups in total. The van der Waals surface area contributed by atoms with Crippen molar-refractivity contribution in [3.63, 3.8) is 0 Å². The molecule has 170 valence electrons. The van der Waals surface area contributed by atoms with E-state index >= 15 is 4.39 Å². The van der Waals surface area contributed by atoms with Crippen LogP contribution in [0.15, 0.2) is 34.3 Å². The van der Waals surface area contributed by atoms with Crippen molar-refractivity contribution in [3.8, 4) is 28.4 Å². The number of benzene rings is 2. The number of ether oxygens (including phenoxy) is 3. The first-order chi connectivity index (χ1) is 15.8. The molecular formula is C22H16F2N2O7. The van der Waals surface area contributed by atoms with Gasteiger partial charge in [-0.15, -0.1) is 0 Å². The Bertz CT molecular complexity index is 1420. The minimum absolute atomic E-state index is 0.0665. The van der Waals surface area contributed by atoms with Gasteiger partial charge in [-0.25, -0.2) is 13.6 Å². The molecule has 0 amide bonds. The molecule has 2 aliphatic rings. The van der Waals surface area contributed by atoms with Gasteiger partial charge in [-0.3, -0.25) is 4.79 Å². The summed E-state index contributed by atoms with van der Waals surface area (Å²) in [5.41, 5.74) is -0.951. The van der Waals surface area contributed by atoms with Crippen LogP contribution in [0.2, 0.25) is 0 Å². The maximum atomic E-state index is 15.5. The molecule has 2 heterocycles. The molecule has 3 aromatic rings. The Morgan fingerprint density at radius 1 is 1.33 bits per heavy atom. The van der Waals surface area contributed by atoms with Gasteiger partial charge in [0.2, 0.25) is 12.2 Å². The highest BCUT2D eigenvalue weighted by molar-refractivity contribution is 5.99. The van der Waals surface area contributed by atoms with Crippen molar-refractivity contribution in [2.45, 2.75) is 18.6 Å². The van der Waals surface area contributed by atoms with E-state index in [2.05, 4.69) is 5.16 Å². The van der Waals surface area contributed by atoms with Gasteiger partial charge in [-0.05, 0) is 23.8 Å². The SMILES string of the molecule is COc1c(-c2cc(/C=N/O)c3c(c2)OCO3)c(F)cc2c(=O)c(C(=O)O)cn([C@@H]3C[C@@H]3F)c12. The lowest BCUT2D eigenvalue weighted by Crippen LogP contribution is -2.20. The molecule has 0 spiro atoms. The monoisotopic (exact) mass is 458 g/mol. The molecular weight excluding hydrogens is 442 g/mol. The van der Waals surface area contributed by atoms with Gasteiger partial charge in [0, 0.05) is 18.2 Å². The third-order valence-electron chi connectivity index (χ3n) is 5.68. The lowest BCUT2D eigenvalue weighted by atomic mass is 9.97. The minimum atomic E-state index is -1.50. The molecule has 0 saturated heterocycles. The van der Waals surface area contributed by atoms with E-state index in [0.717, 1.165) is 18.5 Å². The highest BCUT2D eigenvalue weighted by Crippen LogP contribution is 2.47. The minimum Gasteiger partial charge on any atom is -0.494 e. The molecule has 0 bridgehead atoms. The van der Waals surface area contributed by atoms with Crippen molar-refractivity contribution in [1.29, 1.82) is 0 Å². The predicted octanol–water partition coefficient (Wildman–Crippen LogP) is 3.33. The van der Waals surface area contributed by atoms with Crippen LogP contribution in [0, 0.1) is 5.82 Å². The second kappa shape index (κ2) is 7.47. The predicted molar refractivity (Wildman–Crippen MR) is 111 cm³/mol. The summed E-state index contributed by atoms with van der Waals surface area (Å²) < 4.78 is 47.0. The van der Waals surface area contributed by atoms with E-state index in [1.165, 1.54) is 23.8 Å². The quantitative estimate of drug-likeness (QED) is 0.342. The fraction of sp³-hybridized carbons (Fsp3) is 0.227. The lowest BCUT2D eigenvalue weighted by Gasteiger charge is -2.19. The summed E-state index contributed by atoms with van der Waals surface area (Å²) in [4.78, 5) is 24.4. The summed E-state index contributed by atoms with van der Waals surface area (Å²) in [6.45, 7) is -0.0839. The molecule has 11 heteroatoms. The summed E-state index contributed by atoms with van der Waals surface area (Å²) in [7, 11) is 1.26. The van der Waals surface area contributed by atoms with Gasteiger partial charge in [-0.1, -0.05) is 5.16 Å². The van der Waals surface area contributed by atoms with Gasteiger partial charge >= 0.3 is 5.97 Å². The Hall–Kier alpha value is -4.15. The van der Waals surface area contributed by atoms with Crippen molar-refractivity contribution in [2.75, 3.05) is 13.9 Å². The highest BCUT2D eigenvalue weighted by Gasteiger charge is 2.41. The zero-order chi connectivity index (χ0) is 23.4. The first-order valence-electron chi connectivity index (χ1n) is 9.79. The van der Waals surface area contributed by atoms with Crippen molar-refractivity contribution in [3.05, 3.63) is 51.6 Å². The summed E-state index contributed by atoms with van der Waals surface area (Å²) >= 11 is 0. The van der Waals surface area contributed by atoms with Crippen molar-refractivity contribution < 1.29 is 38.1 Å². The Balaban J connectivity index is 1.87. The maximum Gasteiger partial charge on any atom is 0.341 e. The molecule has 9 nitrogen and oxygen atoms in total. The summed E-state index contributed by atoms with van der Waals surface area (Å²) in [5.74, 6) is -1.88. The third-order valence-corrected chi connectivity index (χ3v) is 5.68. The number of oxime groups is 1. The van der Waals surface area contributed by atoms with Crippen molar-refractivity contribution in [2.24, 2.45) is 5.16 Å². The van der Waals surface area contributed by atoms with E-state index in [9.17, 15) is 19.1 Å². The number of aromatic nitrogens is 1. The highest BCUT2D eigenvalue weighted by atomic mass is 19.1. The van der Waals surface area contributed by atoms with Gasteiger partial charge < -0.3 is 29.1 Å². The molecule has 1 aliphatic carbocycles. The fourth-order valence-corrected chi connectivity index (χ4v) is 4.11. The van der Waals surface area contributed by atoms with Crippen molar-refractivity contribution >= 4 is 23.1 Å². The summed E-state index contributed by atoms with van der Waals surface area (Å²) in [6.07, 6.45) is 1.03. The molecule has 2 aromatic carbocycles. The number of carboxylic acids is 1. The molecule has 5 rings (SSSR count). The van der Waals surface area contributed by atoms with E-state index in [1.54, 1.807) is 0 Å². The number of nitrogens with zero attached hydrogens (tertiary/aromatic N) is 2. The molecule has 1 aliphatic heterocycles. The average Bonchev–Trinajstić information content (AvgIpc) is 3.30. The fourth-order valence-electron chi connectivity index (χ4n) is 4.11. The normalized spacial score (nSPS) is 18.8. The molecule has 1 fully saturated rings. The number of aromatic carboxylic acids is 1. The van der Waals surface area contributed by atoms with Crippen LogP contribution in [-0.4, -0.2) is 47.1 Å². The van der Waals surface area contributed by atoms with E-state index in [0.29, 0.717) is 11.3 Å². The molecule has 1 saturated carbocycles. The number of rotatable bonds is 5. The number of carboxylic acid groups (broad SMARTS) is 1. The topological polar surface area (TPSA) is 120 Å². The van der Waals surface area contributed by atoms with Crippen LogP contribution >= 0.6 is 0 Å². The van der Waals surface area contributed by atoms with E-state index < -0.39 is 35.0 Å². The van der Waals surface area contributed by atoms with Crippen LogP contribution in [0.1, 0.15) is 28.4 Å². The first kappa shape index (κ1) is 20.7. The standard InChI is InChI=1S/C22H16F2N2O7/c1-31-21-17(9-2-10(6-25-30)20-16(3-9)32-8-33-20)14(24)4-11-18(21)26(15-5-13(15)23)7-12(19(11)27)22(28)29/h2-4,6-7,13,15,30H,5,8H2,1H3,(H,28,29)/b25-6+/t13-,15+/m0/s1. The number of carbonyl (C=O) groups is 1. The van der Waals surface area contributed by atoms with Crippen LogP contribution in [-0.2, 0) is 0 Å². The lowest BCUT2D eigenvalue weighted by molar-refractivity contribution is 0.0694. The van der Waals surface area contributed by atoms with Crippen LogP contribution in [0.25, 0.3) is 22.0 Å². The second-order valence-electron chi connectivity index (χ2n) is 7.61. The number of alkyl halides is 1. The third kappa shape index (κ3) is 3.15. The number of fused-ring (bicyclic) bond motifs is 2. The summed E-state index contributed by atoms with van der Waals surface area (Å²) in [5, 5.41) is 21.2. The first-order valence-corrected chi connectivity index (χ1v) is 9.79. The second-order valence-corrected chi connectivity index (χ2v) is 7.61. The number of pyridine rings is 1. The largest absolute Gasteiger partial charge is 0.494 e. The molecule has 1 aromatic heterocycles. The van der Waals surface area contributed by atoms with Crippen molar-refractivity contribution in [1.82, 2.24) is 4.57 Å². The molecule has 0 radical (unpaired) electrons. The van der Waals surface area contributed by atoms with Gasteiger partial charge in [0.25, 0.3) is 0 Å². The van der Waals surface area contributed by atoms with E-state index in [-0.39, 0.29) is 46.7 Å². The Kier molecular flexibility index (Phi) is 4.69. The van der Waals surface area contributed by atoms with Gasteiger partial charge in [-0.2, -0.15) is 0 Å². The maximum absolute atomic E-state index is 15.5. The van der Waals surface area contributed by atoms with Crippen LogP contribution in [0.5, 0.6) is 17.2 Å².